The molecular weight excluding hydrogens is 635 g/mol. The van der Waals surface area contributed by atoms with Gasteiger partial charge in [0.1, 0.15) is 11.5 Å². The summed E-state index contributed by atoms with van der Waals surface area (Å²) in [4.78, 5) is 14.9. The fourth-order valence-corrected chi connectivity index (χ4v) is 8.31. The second-order valence-corrected chi connectivity index (χ2v) is 13.7. The fraction of sp³-hybridized carbons (Fsp3) is 0.0625. The van der Waals surface area contributed by atoms with Crippen LogP contribution in [0.25, 0.3) is 56.2 Å². The number of ether oxygens (including phenoxy) is 1. The van der Waals surface area contributed by atoms with E-state index in [-0.39, 0.29) is 0 Å². The highest BCUT2D eigenvalue weighted by atomic mass is 16.5. The highest BCUT2D eigenvalue weighted by Crippen LogP contribution is 2.62. The van der Waals surface area contributed by atoms with Crippen molar-refractivity contribution in [2.45, 2.75) is 19.3 Å². The van der Waals surface area contributed by atoms with Crippen LogP contribution in [0.3, 0.4) is 0 Å². The molecule has 2 aromatic heterocycles. The van der Waals surface area contributed by atoms with Gasteiger partial charge >= 0.3 is 0 Å². The molecule has 1 aliphatic heterocycles. The summed E-state index contributed by atoms with van der Waals surface area (Å²) in [6.07, 6.45) is 0. The Labute approximate surface area is 303 Å². The zero-order valence-electron chi connectivity index (χ0n) is 28.8. The Morgan fingerprint density at radius 2 is 0.923 bits per heavy atom. The predicted octanol–water partition coefficient (Wildman–Crippen LogP) is 11.6. The maximum absolute atomic E-state index is 6.56. The number of hydrogen-bond acceptors (Lipinski definition) is 4. The van der Waals surface area contributed by atoms with Gasteiger partial charge in [-0.2, -0.15) is 0 Å². The zero-order chi connectivity index (χ0) is 34.8. The Balaban J connectivity index is 1.17. The molecule has 4 heteroatoms. The highest BCUT2D eigenvalue weighted by molar-refractivity contribution is 5.90. The fourth-order valence-electron chi connectivity index (χ4n) is 8.31. The average Bonchev–Trinajstić information content (AvgIpc) is 3.48. The van der Waals surface area contributed by atoms with Crippen molar-refractivity contribution in [3.8, 4) is 67.7 Å². The third-order valence-corrected chi connectivity index (χ3v) is 10.5. The van der Waals surface area contributed by atoms with E-state index in [1.54, 1.807) is 0 Å². The maximum Gasteiger partial charge on any atom is 0.160 e. The molecule has 0 atom stereocenters. The van der Waals surface area contributed by atoms with Gasteiger partial charge in [0.2, 0.25) is 0 Å². The molecule has 0 unspecified atom stereocenters. The van der Waals surface area contributed by atoms with E-state index in [2.05, 4.69) is 151 Å². The van der Waals surface area contributed by atoms with Crippen LogP contribution in [0.4, 0.5) is 0 Å². The first-order valence-corrected chi connectivity index (χ1v) is 17.7. The number of fused-ring (bicyclic) bond motifs is 9. The summed E-state index contributed by atoms with van der Waals surface area (Å²) in [7, 11) is 0. The molecule has 0 radical (unpaired) electrons. The van der Waals surface area contributed by atoms with E-state index in [0.717, 1.165) is 73.2 Å². The second-order valence-electron chi connectivity index (χ2n) is 13.7. The Morgan fingerprint density at radius 3 is 1.62 bits per heavy atom. The van der Waals surface area contributed by atoms with Gasteiger partial charge in [0.25, 0.3) is 0 Å². The Hall–Kier alpha value is -6.65. The highest BCUT2D eigenvalue weighted by Gasteiger charge is 2.51. The van der Waals surface area contributed by atoms with Crippen LogP contribution < -0.4 is 4.74 Å². The molecule has 10 rings (SSSR count). The van der Waals surface area contributed by atoms with Gasteiger partial charge in [-0.1, -0.05) is 127 Å². The van der Waals surface area contributed by atoms with Gasteiger partial charge in [-0.05, 0) is 83.6 Å². The molecular formula is C48H33N3O. The molecule has 2 aliphatic rings. The summed E-state index contributed by atoms with van der Waals surface area (Å²) >= 11 is 0. The van der Waals surface area contributed by atoms with E-state index in [1.165, 1.54) is 22.3 Å². The van der Waals surface area contributed by atoms with Crippen molar-refractivity contribution in [2.75, 3.05) is 0 Å². The largest absolute Gasteiger partial charge is 0.457 e. The number of pyridine rings is 1. The number of para-hydroxylation sites is 2. The molecule has 3 heterocycles. The minimum absolute atomic E-state index is 0.551. The van der Waals surface area contributed by atoms with Crippen LogP contribution in [0.5, 0.6) is 11.5 Å². The van der Waals surface area contributed by atoms with E-state index >= 15 is 0 Å². The Morgan fingerprint density at radius 1 is 0.385 bits per heavy atom. The number of hydrogen-bond donors (Lipinski definition) is 0. The third kappa shape index (κ3) is 4.65. The topological polar surface area (TPSA) is 47.9 Å². The maximum atomic E-state index is 6.56. The number of aromatic nitrogens is 3. The van der Waals surface area contributed by atoms with Crippen molar-refractivity contribution in [1.29, 1.82) is 0 Å². The van der Waals surface area contributed by atoms with Crippen LogP contribution in [-0.2, 0) is 5.41 Å². The van der Waals surface area contributed by atoms with E-state index in [4.69, 9.17) is 14.7 Å². The third-order valence-electron chi connectivity index (χ3n) is 10.5. The van der Waals surface area contributed by atoms with Gasteiger partial charge in [-0.15, -0.1) is 0 Å². The summed E-state index contributed by atoms with van der Waals surface area (Å²) in [6.45, 7) is 4.08. The smallest absolute Gasteiger partial charge is 0.160 e. The van der Waals surface area contributed by atoms with Crippen molar-refractivity contribution in [3.63, 3.8) is 0 Å². The minimum Gasteiger partial charge on any atom is -0.457 e. The lowest BCUT2D eigenvalue weighted by Crippen LogP contribution is -2.32. The molecule has 6 aromatic carbocycles. The van der Waals surface area contributed by atoms with Gasteiger partial charge in [0.15, 0.2) is 5.82 Å². The van der Waals surface area contributed by atoms with Crippen LogP contribution in [0.15, 0.2) is 164 Å². The first-order valence-electron chi connectivity index (χ1n) is 17.7. The van der Waals surface area contributed by atoms with Crippen LogP contribution in [0.2, 0.25) is 0 Å². The summed E-state index contributed by atoms with van der Waals surface area (Å²) in [5.41, 5.74) is 15.8. The van der Waals surface area contributed by atoms with Crippen molar-refractivity contribution in [3.05, 3.63) is 197 Å². The van der Waals surface area contributed by atoms with Crippen LogP contribution >= 0.6 is 0 Å². The molecule has 0 N–H and O–H groups in total. The molecule has 4 nitrogen and oxygen atoms in total. The molecule has 52 heavy (non-hydrogen) atoms. The van der Waals surface area contributed by atoms with Gasteiger partial charge in [-0.3, -0.25) is 4.98 Å². The van der Waals surface area contributed by atoms with E-state index in [9.17, 15) is 0 Å². The first kappa shape index (κ1) is 30.2. The number of aryl methyl sites for hydroxylation is 2. The summed E-state index contributed by atoms with van der Waals surface area (Å²) in [6, 6.07) is 57.9. The SMILES string of the molecule is Cc1cc(-c2ccc(-c3cc(-c4ccc5c(c4)C4(c6ccccc6Oc6ccccc64)c4ccccc4-5)nc(-c4ccccc4)n3)cc2)cc(C)n1. The molecule has 1 aliphatic carbocycles. The summed E-state index contributed by atoms with van der Waals surface area (Å²) in [5, 5.41) is 0. The van der Waals surface area contributed by atoms with Crippen LogP contribution in [0.1, 0.15) is 33.6 Å². The van der Waals surface area contributed by atoms with Gasteiger partial charge in [0.05, 0.1) is 16.8 Å². The zero-order valence-corrected chi connectivity index (χ0v) is 28.8. The van der Waals surface area contributed by atoms with Gasteiger partial charge < -0.3 is 4.74 Å². The molecule has 246 valence electrons. The molecule has 0 saturated heterocycles. The minimum atomic E-state index is -0.551. The van der Waals surface area contributed by atoms with Crippen molar-refractivity contribution >= 4 is 0 Å². The lowest BCUT2D eigenvalue weighted by molar-refractivity contribution is 0.436. The predicted molar refractivity (Wildman–Crippen MR) is 208 cm³/mol. The number of benzene rings is 6. The van der Waals surface area contributed by atoms with E-state index in [1.807, 2.05) is 32.0 Å². The first-order chi connectivity index (χ1) is 25.6. The van der Waals surface area contributed by atoms with Crippen LogP contribution in [0, 0.1) is 13.8 Å². The van der Waals surface area contributed by atoms with Crippen LogP contribution in [-0.4, -0.2) is 15.0 Å². The monoisotopic (exact) mass is 667 g/mol. The van der Waals surface area contributed by atoms with Gasteiger partial charge in [0, 0.05) is 39.2 Å². The number of rotatable bonds is 4. The number of nitrogens with zero attached hydrogens (tertiary/aromatic N) is 3. The van der Waals surface area contributed by atoms with E-state index < -0.39 is 5.41 Å². The van der Waals surface area contributed by atoms with Crippen molar-refractivity contribution < 1.29 is 4.74 Å². The standard InChI is InChI=1S/C48H33N3O/c1-30-26-36(27-31(2)49-30)32-20-22-33(23-21-32)43-29-44(51-47(50-43)34-12-4-3-5-13-34)35-24-25-38-37-14-6-7-15-39(37)48(42(38)28-35)40-16-8-10-18-45(40)52-46-19-11-9-17-41(46)48/h3-29H,1-2H3. The Kier molecular flexibility index (Phi) is 6.80. The Bertz CT molecular complexity index is 2610. The van der Waals surface area contributed by atoms with E-state index in [0.29, 0.717) is 5.82 Å². The van der Waals surface area contributed by atoms with Crippen molar-refractivity contribution in [2.24, 2.45) is 0 Å². The molecule has 8 aromatic rings. The van der Waals surface area contributed by atoms with Gasteiger partial charge in [-0.25, -0.2) is 9.97 Å². The summed E-state index contributed by atoms with van der Waals surface area (Å²) < 4.78 is 6.56. The second kappa shape index (κ2) is 11.7. The molecule has 0 fully saturated rings. The quantitative estimate of drug-likeness (QED) is 0.187. The average molecular weight is 668 g/mol. The lowest BCUT2D eigenvalue weighted by atomic mass is 9.66. The molecule has 0 bridgehead atoms. The molecule has 0 saturated carbocycles. The molecule has 0 amide bonds. The normalized spacial score (nSPS) is 13.1. The molecule has 1 spiro atoms. The van der Waals surface area contributed by atoms with Crippen molar-refractivity contribution in [1.82, 2.24) is 15.0 Å². The lowest BCUT2D eigenvalue weighted by Gasteiger charge is -2.39. The summed E-state index contributed by atoms with van der Waals surface area (Å²) in [5.74, 6) is 2.45.